The van der Waals surface area contributed by atoms with Crippen LogP contribution in [-0.4, -0.2) is 8.75 Å². The average molecular weight is 1950 g/mol. The molecule has 752 valence electrons. The first-order valence-corrected chi connectivity index (χ1v) is 58.7. The van der Waals surface area contributed by atoms with Crippen LogP contribution in [0.2, 0.25) is 0 Å². The minimum atomic E-state index is -0.163. The number of hydrogen-bond donors (Lipinski definition) is 0. The zero-order valence-electron chi connectivity index (χ0n) is 89.7. The van der Waals surface area contributed by atoms with E-state index < -0.39 is 0 Å². The molecule has 0 N–H and O–H groups in total. The molecule has 1 aromatic heterocycles. The van der Waals surface area contributed by atoms with Gasteiger partial charge in [0.05, 0.1) is 11.7 Å². The lowest BCUT2D eigenvalue weighted by Crippen LogP contribution is -2.26. The maximum Gasteiger partial charge on any atom is 0.113 e. The van der Waals surface area contributed by atoms with E-state index in [4.69, 9.17) is 8.75 Å². The Balaban J connectivity index is 0.644. The SMILES string of the molecule is CCCCCCC1(CCCCCC)c2cc(-c3ccc(N(c4ccccc4)c4ccccc4)cc3)ccc2-c2ccc(-c3ccc4c(c3)C(CCCCCC)(CCCCCC)c3cc(-c5ccc(-c6ccc7c(c6)C(CCCCCC)(CCCCCC)c6cc(-c8ccc9c(c8)C(CCCCCC)(CCCCCC)c8cc(-c%10ccc(N(c%11ccccc%11)c%11ccccc%11)cc%10)ccc8-9)ccc6-7)c6nsnc56)ccc3-4)cc21. The van der Waals surface area contributed by atoms with Gasteiger partial charge in [0, 0.05) is 66.9 Å². The van der Waals surface area contributed by atoms with Crippen molar-refractivity contribution in [2.24, 2.45) is 0 Å². The molecule has 20 rings (SSSR count). The van der Waals surface area contributed by atoms with Gasteiger partial charge in [-0.3, -0.25) is 0 Å². The second kappa shape index (κ2) is 47.5. The topological polar surface area (TPSA) is 32.3 Å². The first-order valence-electron chi connectivity index (χ1n) is 58.0. The summed E-state index contributed by atoms with van der Waals surface area (Å²) in [5, 5.41) is 0. The van der Waals surface area contributed by atoms with Crippen LogP contribution >= 0.6 is 11.7 Å². The fourth-order valence-electron chi connectivity index (χ4n) is 27.0. The standard InChI is InChI=1S/C142H158N4S/c1-9-17-25-45-87-139(88-46-26-18-10-2)129-95-105(103-61-73-117(74-62-103)145(113-53-37-33-38-54-113)114-55-39-34-40-56-114)65-77-121(129)123-79-67-107(97-131(123)139)109-69-81-125-127-83-71-111(101-135(127)141(133(125)99-109,91-49-29-21-13-5)92-50-30-22-14-6)119-85-86-120(138-137(119)143-147-144-138)112-72-84-128-126-82-70-110(100-134(126)142(136(128)102-112,93-51-31-23-15-7)94-52-32-24-16-8)108-68-80-124-122-78-66-106(96-130(122)140(132(124)98-108,89-47-27-19-11-3)90-48-28-20-12-4)104-63-75-118(76-64-104)146(115-57-41-35-42-58-115)116-59-43-36-44-60-116/h33-44,53-86,95-102H,9-32,45-52,87-94H2,1-8H3. The molecule has 0 atom stereocenters. The van der Waals surface area contributed by atoms with Crippen LogP contribution in [-0.2, 0) is 21.7 Å². The van der Waals surface area contributed by atoms with Gasteiger partial charge in [-0.1, -0.05) is 467 Å². The van der Waals surface area contributed by atoms with Crippen molar-refractivity contribution in [2.45, 2.75) is 334 Å². The lowest BCUT2D eigenvalue weighted by molar-refractivity contribution is 0.401. The molecular weight excluding hydrogens is 1790 g/mol. The van der Waals surface area contributed by atoms with Crippen LogP contribution in [0.5, 0.6) is 0 Å². The number of aromatic nitrogens is 2. The fraction of sp³-hybridized carbons (Fsp3) is 0.366. The van der Waals surface area contributed by atoms with E-state index in [-0.39, 0.29) is 21.7 Å². The summed E-state index contributed by atoms with van der Waals surface area (Å²) >= 11 is 1.39. The average Bonchev–Trinajstić information content (AvgIpc) is 1.56. The smallest absolute Gasteiger partial charge is 0.113 e. The van der Waals surface area contributed by atoms with Gasteiger partial charge in [0.1, 0.15) is 11.0 Å². The van der Waals surface area contributed by atoms with Gasteiger partial charge in [-0.2, -0.15) is 8.75 Å². The monoisotopic (exact) mass is 1950 g/mol. The van der Waals surface area contributed by atoms with Crippen molar-refractivity contribution in [3.05, 3.63) is 372 Å². The van der Waals surface area contributed by atoms with Crippen molar-refractivity contribution in [1.29, 1.82) is 0 Å². The number of fused-ring (bicyclic) bond motifs is 13. The molecular formula is C142H158N4S. The molecule has 1 heterocycles. The van der Waals surface area contributed by atoms with Crippen molar-refractivity contribution in [3.63, 3.8) is 0 Å². The Morgan fingerprint density at radius 2 is 0.327 bits per heavy atom. The third-order valence-electron chi connectivity index (χ3n) is 34.8. The minimum Gasteiger partial charge on any atom is -0.311 e. The van der Waals surface area contributed by atoms with Gasteiger partial charge >= 0.3 is 0 Å². The van der Waals surface area contributed by atoms with E-state index in [0.717, 1.165) is 96.5 Å². The highest BCUT2D eigenvalue weighted by Crippen LogP contribution is 2.63. The number of nitrogens with zero attached hydrogens (tertiary/aromatic N) is 4. The quantitative estimate of drug-likeness (QED) is 0.0356. The number of benzene rings is 15. The van der Waals surface area contributed by atoms with Crippen LogP contribution in [0.3, 0.4) is 0 Å². The van der Waals surface area contributed by atoms with Gasteiger partial charge < -0.3 is 9.80 Å². The molecule has 0 aliphatic heterocycles. The Kier molecular flexibility index (Phi) is 32.9. The van der Waals surface area contributed by atoms with Gasteiger partial charge in [0.2, 0.25) is 0 Å². The van der Waals surface area contributed by atoms with Crippen molar-refractivity contribution in [2.75, 3.05) is 9.80 Å². The maximum atomic E-state index is 5.42. The van der Waals surface area contributed by atoms with Crippen LogP contribution in [0.25, 0.3) is 122 Å². The Morgan fingerprint density at radius 1 is 0.163 bits per heavy atom. The molecule has 5 heteroatoms. The molecule has 0 radical (unpaired) electrons. The summed E-state index contributed by atoms with van der Waals surface area (Å²) in [7, 11) is 0. The van der Waals surface area contributed by atoms with Gasteiger partial charge in [-0.25, -0.2) is 0 Å². The first kappa shape index (κ1) is 102. The zero-order chi connectivity index (χ0) is 101. The van der Waals surface area contributed by atoms with Gasteiger partial charge in [0.15, 0.2) is 0 Å². The first-order chi connectivity index (χ1) is 72.5. The molecule has 16 aromatic rings. The summed E-state index contributed by atoms with van der Waals surface area (Å²) in [5.41, 5.74) is 47.5. The molecule has 0 unspecified atom stereocenters. The number of rotatable bonds is 52. The molecule has 147 heavy (non-hydrogen) atoms. The third kappa shape index (κ3) is 20.7. The lowest BCUT2D eigenvalue weighted by Gasteiger charge is -2.34. The van der Waals surface area contributed by atoms with Crippen molar-refractivity contribution in [1.82, 2.24) is 8.75 Å². The molecule has 0 spiro atoms. The fourth-order valence-corrected chi connectivity index (χ4v) is 27.6. The highest BCUT2D eigenvalue weighted by atomic mass is 32.1. The third-order valence-corrected chi connectivity index (χ3v) is 35.3. The van der Waals surface area contributed by atoms with Crippen molar-refractivity contribution < 1.29 is 0 Å². The Labute approximate surface area is 886 Å². The molecule has 0 saturated heterocycles. The number of hydrogen-bond acceptors (Lipinski definition) is 5. The predicted molar refractivity (Wildman–Crippen MR) is 634 cm³/mol. The van der Waals surface area contributed by atoms with E-state index in [2.05, 4.69) is 393 Å². The van der Waals surface area contributed by atoms with Crippen LogP contribution in [0.4, 0.5) is 34.1 Å². The van der Waals surface area contributed by atoms with Crippen LogP contribution in [0, 0.1) is 0 Å². The van der Waals surface area contributed by atoms with Crippen LogP contribution in [0.1, 0.15) is 357 Å². The largest absolute Gasteiger partial charge is 0.311 e. The van der Waals surface area contributed by atoms with Gasteiger partial charge in [0.25, 0.3) is 0 Å². The summed E-state index contributed by atoms with van der Waals surface area (Å²) in [4.78, 5) is 4.75. The highest BCUT2D eigenvalue weighted by molar-refractivity contribution is 7.00. The Hall–Kier alpha value is -12.3. The molecule has 4 nitrogen and oxygen atoms in total. The van der Waals surface area contributed by atoms with E-state index in [1.54, 1.807) is 22.3 Å². The molecule has 4 aliphatic carbocycles. The summed E-state index contributed by atoms with van der Waals surface area (Å²) in [6.07, 6.45) is 48.7. The summed E-state index contributed by atoms with van der Waals surface area (Å²) in [6.45, 7) is 19.0. The number of para-hydroxylation sites is 4. The molecule has 15 aromatic carbocycles. The molecule has 0 saturated carbocycles. The van der Waals surface area contributed by atoms with Crippen molar-refractivity contribution >= 4 is 56.9 Å². The predicted octanol–water partition coefficient (Wildman–Crippen LogP) is 43.5. The van der Waals surface area contributed by atoms with E-state index in [1.165, 1.54) is 351 Å². The minimum absolute atomic E-state index is 0.110. The van der Waals surface area contributed by atoms with E-state index >= 15 is 0 Å². The highest BCUT2D eigenvalue weighted by Gasteiger charge is 2.49. The van der Waals surface area contributed by atoms with Gasteiger partial charge in [-0.05, 0) is 317 Å². The number of unbranched alkanes of at least 4 members (excludes halogenated alkanes) is 24. The normalized spacial score (nSPS) is 13.8. The maximum absolute atomic E-state index is 5.42. The Morgan fingerprint density at radius 3 is 0.524 bits per heavy atom. The molecule has 0 amide bonds. The summed E-state index contributed by atoms with van der Waals surface area (Å²) in [6, 6.07) is 129. The molecule has 0 fully saturated rings. The Bertz CT molecular complexity index is 6550. The second-order valence-corrected chi connectivity index (χ2v) is 44.7. The van der Waals surface area contributed by atoms with E-state index in [0.29, 0.717) is 0 Å². The van der Waals surface area contributed by atoms with Crippen LogP contribution in [0.15, 0.2) is 328 Å². The summed E-state index contributed by atoms with van der Waals surface area (Å²) in [5.74, 6) is 0. The van der Waals surface area contributed by atoms with E-state index in [9.17, 15) is 0 Å². The number of anilines is 6. The van der Waals surface area contributed by atoms with Gasteiger partial charge in [-0.15, -0.1) is 0 Å². The second-order valence-electron chi connectivity index (χ2n) is 44.1. The summed E-state index contributed by atoms with van der Waals surface area (Å²) < 4.78 is 10.8. The van der Waals surface area contributed by atoms with E-state index in [1.807, 2.05) is 0 Å². The van der Waals surface area contributed by atoms with Crippen molar-refractivity contribution in [3.8, 4) is 111 Å². The van der Waals surface area contributed by atoms with Crippen LogP contribution < -0.4 is 9.80 Å². The lowest BCUT2D eigenvalue weighted by atomic mass is 9.69. The molecule has 4 aliphatic rings. The zero-order valence-corrected chi connectivity index (χ0v) is 90.5. The molecule has 0 bridgehead atoms.